The lowest BCUT2D eigenvalue weighted by Crippen LogP contribution is -2.19. The van der Waals surface area contributed by atoms with Crippen LogP contribution in [0.3, 0.4) is 0 Å². The summed E-state index contributed by atoms with van der Waals surface area (Å²) < 4.78 is 10.8. The second-order valence-electron chi connectivity index (χ2n) is 2.31. The molecular weight excluding hydrogens is 190 g/mol. The molecule has 0 bridgehead atoms. The maximum absolute atomic E-state index is 10.8. The minimum Gasteiger partial charge on any atom is -0.351 e. The number of urea groups is 1. The van der Waals surface area contributed by atoms with Crippen molar-refractivity contribution in [1.29, 1.82) is 0 Å². The summed E-state index contributed by atoms with van der Waals surface area (Å²) in [5.41, 5.74) is 5.43. The van der Waals surface area contributed by atoms with Gasteiger partial charge in [-0.05, 0) is 24.3 Å². The van der Waals surface area contributed by atoms with Gasteiger partial charge in [0, 0.05) is 5.69 Å². The summed E-state index contributed by atoms with van der Waals surface area (Å²) in [7, 11) is -1.49. The van der Waals surface area contributed by atoms with Gasteiger partial charge < -0.3 is 11.1 Å². The predicted octanol–water partition coefficient (Wildman–Crippen LogP) is 0.159. The van der Waals surface area contributed by atoms with Crippen molar-refractivity contribution in [2.24, 2.45) is 10.9 Å². The minimum absolute atomic E-state index is 0.495. The molecule has 0 aliphatic heterocycles. The van der Waals surface area contributed by atoms with Crippen LogP contribution in [0.5, 0.6) is 0 Å². The summed E-state index contributed by atoms with van der Waals surface area (Å²) in [6, 6.07) is 5.62. The van der Waals surface area contributed by atoms with Gasteiger partial charge in [0.05, 0.1) is 4.90 Å². The van der Waals surface area contributed by atoms with Gasteiger partial charge >= 0.3 is 6.03 Å². The number of carbonyl (C=O) groups is 1. The fourth-order valence-corrected chi connectivity index (χ4v) is 1.22. The average molecular weight is 199 g/mol. The molecule has 0 radical (unpaired) electrons. The Morgan fingerprint density at radius 2 is 1.85 bits per heavy atom. The van der Waals surface area contributed by atoms with Crippen LogP contribution in [0.1, 0.15) is 0 Å². The van der Waals surface area contributed by atoms with Crippen molar-refractivity contribution in [2.45, 2.75) is 4.90 Å². The molecule has 0 heterocycles. The third-order valence-corrected chi connectivity index (χ3v) is 2.09. The highest BCUT2D eigenvalue weighted by atomic mass is 32.2. The molecule has 0 spiro atoms. The monoisotopic (exact) mass is 199 g/mol. The number of rotatable bonds is 2. The van der Waals surface area contributed by atoms with E-state index in [1.54, 1.807) is 24.3 Å². The Hall–Kier alpha value is -1.40. The first kappa shape index (κ1) is 9.69. The van der Waals surface area contributed by atoms with Gasteiger partial charge in [-0.2, -0.15) is 0 Å². The van der Waals surface area contributed by atoms with Gasteiger partial charge in [-0.3, -0.25) is 0 Å². The van der Waals surface area contributed by atoms with Crippen LogP contribution in [0, 0.1) is 0 Å². The van der Waals surface area contributed by atoms with Crippen LogP contribution in [-0.4, -0.2) is 10.2 Å². The average Bonchev–Trinajstić information content (AvgIpc) is 2.04. The highest BCUT2D eigenvalue weighted by Gasteiger charge is 1.98. The Morgan fingerprint density at radius 1 is 1.31 bits per heavy atom. The van der Waals surface area contributed by atoms with Crippen molar-refractivity contribution >= 4 is 22.7 Å². The second kappa shape index (κ2) is 4.01. The van der Waals surface area contributed by atoms with E-state index in [9.17, 15) is 9.00 Å². The van der Waals surface area contributed by atoms with Crippen LogP contribution in [0.25, 0.3) is 0 Å². The molecule has 5 nitrogen and oxygen atoms in total. The molecule has 1 atom stereocenters. The summed E-state index contributed by atoms with van der Waals surface area (Å²) in [4.78, 5) is 10.9. The number of benzene rings is 1. The Bertz CT molecular complexity index is 336. The topological polar surface area (TPSA) is 98.2 Å². The van der Waals surface area contributed by atoms with Crippen LogP contribution in [0.4, 0.5) is 10.5 Å². The van der Waals surface area contributed by atoms with Crippen molar-refractivity contribution in [3.05, 3.63) is 24.3 Å². The van der Waals surface area contributed by atoms with Crippen LogP contribution in [0.15, 0.2) is 29.2 Å². The van der Waals surface area contributed by atoms with Gasteiger partial charge in [-0.15, -0.1) is 0 Å². The van der Waals surface area contributed by atoms with E-state index in [1.165, 1.54) is 0 Å². The lowest BCUT2D eigenvalue weighted by molar-refractivity contribution is 0.259. The van der Waals surface area contributed by atoms with Gasteiger partial charge in [-0.1, -0.05) is 0 Å². The van der Waals surface area contributed by atoms with E-state index in [2.05, 4.69) is 5.32 Å². The van der Waals surface area contributed by atoms with Crippen LogP contribution < -0.4 is 16.2 Å². The summed E-state index contributed by atoms with van der Waals surface area (Å²) in [5, 5.41) is 7.50. The molecule has 1 rings (SSSR count). The number of anilines is 1. The highest BCUT2D eigenvalue weighted by Crippen LogP contribution is 2.10. The maximum Gasteiger partial charge on any atom is 0.316 e. The first-order valence-electron chi connectivity index (χ1n) is 3.42. The molecule has 6 heteroatoms. The number of hydrogen-bond donors (Lipinski definition) is 3. The van der Waals surface area contributed by atoms with Crippen LogP contribution >= 0.6 is 0 Å². The Morgan fingerprint density at radius 3 is 2.23 bits per heavy atom. The van der Waals surface area contributed by atoms with E-state index in [0.29, 0.717) is 10.6 Å². The quantitative estimate of drug-likeness (QED) is 0.632. The van der Waals surface area contributed by atoms with Gasteiger partial charge in [0.15, 0.2) is 0 Å². The lowest BCUT2D eigenvalue weighted by Gasteiger charge is -2.01. The zero-order valence-electron chi connectivity index (χ0n) is 6.69. The zero-order chi connectivity index (χ0) is 9.84. The highest BCUT2D eigenvalue weighted by molar-refractivity contribution is 7.82. The molecule has 0 saturated carbocycles. The third kappa shape index (κ3) is 2.85. The molecule has 0 fully saturated rings. The molecule has 1 aromatic carbocycles. The number of primary amides is 1. The van der Waals surface area contributed by atoms with E-state index < -0.39 is 17.0 Å². The van der Waals surface area contributed by atoms with Crippen LogP contribution in [0.2, 0.25) is 0 Å². The molecule has 0 saturated heterocycles. The van der Waals surface area contributed by atoms with Gasteiger partial charge in [0.2, 0.25) is 0 Å². The van der Waals surface area contributed by atoms with E-state index in [0.717, 1.165) is 0 Å². The van der Waals surface area contributed by atoms with Crippen LogP contribution in [-0.2, 0) is 11.0 Å². The van der Waals surface area contributed by atoms with E-state index >= 15 is 0 Å². The Balaban J connectivity index is 2.81. The molecule has 0 aliphatic carbocycles. The van der Waals surface area contributed by atoms with Crippen molar-refractivity contribution in [1.82, 2.24) is 0 Å². The number of nitrogens with two attached hydrogens (primary N) is 2. The van der Waals surface area contributed by atoms with E-state index in [1.807, 2.05) is 0 Å². The standard InChI is InChI=1S/C7H9N3O2S/c8-7(11)10-5-1-3-6(4-2-5)13(9)12/h1-4H,9H2,(H3,8,10,11). The molecule has 1 unspecified atom stereocenters. The smallest absolute Gasteiger partial charge is 0.316 e. The van der Waals surface area contributed by atoms with Crippen molar-refractivity contribution in [2.75, 3.05) is 5.32 Å². The second-order valence-corrected chi connectivity index (χ2v) is 3.38. The first-order chi connectivity index (χ1) is 6.09. The maximum atomic E-state index is 10.8. The fraction of sp³-hybridized carbons (Fsp3) is 0. The summed E-state index contributed by atoms with van der Waals surface area (Å²) in [5.74, 6) is 0. The van der Waals surface area contributed by atoms with Gasteiger partial charge in [0.25, 0.3) is 0 Å². The van der Waals surface area contributed by atoms with E-state index in [-0.39, 0.29) is 0 Å². The number of amides is 2. The molecular formula is C7H9N3O2S. The molecule has 0 aliphatic rings. The van der Waals surface area contributed by atoms with E-state index in [4.69, 9.17) is 10.9 Å². The fourth-order valence-electron chi connectivity index (χ4n) is 0.815. The largest absolute Gasteiger partial charge is 0.351 e. The lowest BCUT2D eigenvalue weighted by atomic mass is 10.3. The molecule has 2 amide bonds. The molecule has 70 valence electrons. The molecule has 13 heavy (non-hydrogen) atoms. The number of hydrogen-bond acceptors (Lipinski definition) is 2. The predicted molar refractivity (Wildman–Crippen MR) is 50.2 cm³/mol. The molecule has 5 N–H and O–H groups in total. The Labute approximate surface area is 77.7 Å². The summed E-state index contributed by atoms with van der Waals surface area (Å²) in [6.07, 6.45) is 0. The van der Waals surface area contributed by atoms with Gasteiger partial charge in [0.1, 0.15) is 11.0 Å². The minimum atomic E-state index is -1.49. The molecule has 0 aromatic heterocycles. The zero-order valence-corrected chi connectivity index (χ0v) is 7.51. The number of carbonyl (C=O) groups excluding carboxylic acids is 1. The van der Waals surface area contributed by atoms with Crippen molar-refractivity contribution in [3.8, 4) is 0 Å². The van der Waals surface area contributed by atoms with Crippen molar-refractivity contribution < 1.29 is 9.00 Å². The normalized spacial score (nSPS) is 12.1. The van der Waals surface area contributed by atoms with Crippen molar-refractivity contribution in [3.63, 3.8) is 0 Å². The SMILES string of the molecule is NC(=O)Nc1ccc(S(N)=O)cc1. The van der Waals surface area contributed by atoms with Gasteiger partial charge in [-0.25, -0.2) is 14.1 Å². The summed E-state index contributed by atoms with van der Waals surface area (Å²) in [6.45, 7) is 0. The first-order valence-corrected chi connectivity index (χ1v) is 4.63. The Kier molecular flexibility index (Phi) is 2.99. The summed E-state index contributed by atoms with van der Waals surface area (Å²) >= 11 is 0. The number of nitrogens with one attached hydrogen (secondary N) is 1. The third-order valence-electron chi connectivity index (χ3n) is 1.35. The molecule has 1 aromatic rings.